The van der Waals surface area contributed by atoms with Crippen LogP contribution in [0.15, 0.2) is 97.8 Å². The van der Waals surface area contributed by atoms with E-state index in [9.17, 15) is 9.59 Å². The number of aromatic nitrogens is 4. The molecule has 0 aliphatic heterocycles. The molecule has 9 heteroatoms. The average Bonchev–Trinajstić information content (AvgIpc) is 2.97. The Hall–Kier alpha value is -5.18. The molecule has 0 aliphatic rings. The molecule has 0 radical (unpaired) electrons. The van der Waals surface area contributed by atoms with Gasteiger partial charge >= 0.3 is 11.3 Å². The molecule has 192 valence electrons. The first-order valence-electron chi connectivity index (χ1n) is 12.5. The van der Waals surface area contributed by atoms with Crippen LogP contribution in [-0.4, -0.2) is 33.0 Å². The molecule has 0 aliphatic carbocycles. The Morgan fingerprint density at radius 1 is 0.615 bits per heavy atom. The number of benzene rings is 2. The number of nitrogens with zero attached hydrogens (tertiary/aromatic N) is 5. The Kier molecular flexibility index (Phi) is 6.16. The highest BCUT2D eigenvalue weighted by molar-refractivity contribution is 5.84. The predicted octanol–water partition coefficient (Wildman–Crippen LogP) is 5.33. The van der Waals surface area contributed by atoms with Gasteiger partial charge in [-0.3, -0.25) is 19.9 Å². The molecule has 2 aromatic carbocycles. The largest absolute Gasteiger partial charge is 0.422 e. The molecule has 0 unspecified atom stereocenters. The van der Waals surface area contributed by atoms with Gasteiger partial charge < -0.3 is 13.7 Å². The van der Waals surface area contributed by atoms with Crippen molar-refractivity contribution in [2.45, 2.75) is 13.8 Å². The lowest BCUT2D eigenvalue weighted by Gasteiger charge is -2.21. The minimum absolute atomic E-state index is 0.321. The normalized spacial score (nSPS) is 11.2. The summed E-state index contributed by atoms with van der Waals surface area (Å²) >= 11 is 0. The molecule has 0 atom stereocenters. The number of hydrogen-bond donors (Lipinski definition) is 0. The van der Waals surface area contributed by atoms with E-state index in [1.807, 2.05) is 30.3 Å². The molecule has 6 rings (SSSR count). The van der Waals surface area contributed by atoms with E-state index in [2.05, 4.69) is 38.7 Å². The number of rotatable bonds is 6. The van der Waals surface area contributed by atoms with Gasteiger partial charge in [-0.05, 0) is 44.2 Å². The smallest absolute Gasteiger partial charge is 0.345 e. The number of hydrogen-bond acceptors (Lipinski definition) is 9. The Morgan fingerprint density at radius 2 is 1.13 bits per heavy atom. The van der Waals surface area contributed by atoms with Crippen molar-refractivity contribution in [3.63, 3.8) is 0 Å². The summed E-state index contributed by atoms with van der Waals surface area (Å²) in [5, 5.41) is 1.59. The first-order chi connectivity index (χ1) is 19.0. The van der Waals surface area contributed by atoms with Gasteiger partial charge in [-0.15, -0.1) is 0 Å². The second-order valence-electron chi connectivity index (χ2n) is 8.90. The molecule has 9 nitrogen and oxygen atoms in total. The van der Waals surface area contributed by atoms with Crippen LogP contribution in [0.1, 0.15) is 13.8 Å². The van der Waals surface area contributed by atoms with Crippen LogP contribution in [0.4, 0.5) is 5.69 Å². The van der Waals surface area contributed by atoms with Gasteiger partial charge in [0.05, 0.1) is 47.3 Å². The Labute approximate surface area is 222 Å². The van der Waals surface area contributed by atoms with E-state index in [1.165, 1.54) is 24.8 Å². The van der Waals surface area contributed by atoms with Crippen molar-refractivity contribution in [1.29, 1.82) is 0 Å². The Bertz CT molecular complexity index is 1930. The van der Waals surface area contributed by atoms with Crippen LogP contribution in [0.3, 0.4) is 0 Å². The van der Waals surface area contributed by atoms with Crippen molar-refractivity contribution in [1.82, 2.24) is 19.9 Å². The number of para-hydroxylation sites is 1. The van der Waals surface area contributed by atoms with Crippen LogP contribution in [0.2, 0.25) is 0 Å². The first-order valence-corrected chi connectivity index (χ1v) is 12.5. The van der Waals surface area contributed by atoms with Crippen molar-refractivity contribution < 1.29 is 8.83 Å². The van der Waals surface area contributed by atoms with Gasteiger partial charge in [0.15, 0.2) is 0 Å². The molecule has 4 aromatic heterocycles. The van der Waals surface area contributed by atoms with Crippen molar-refractivity contribution in [2.24, 2.45) is 0 Å². The zero-order chi connectivity index (χ0) is 26.9. The first kappa shape index (κ1) is 24.2. The maximum Gasteiger partial charge on any atom is 0.345 e. The lowest BCUT2D eigenvalue weighted by molar-refractivity contribution is 0.562. The summed E-state index contributed by atoms with van der Waals surface area (Å²) in [6.45, 7) is 5.88. The van der Waals surface area contributed by atoms with Crippen molar-refractivity contribution in [3.05, 3.63) is 100 Å². The highest BCUT2D eigenvalue weighted by Gasteiger charge is 2.14. The Morgan fingerprint density at radius 3 is 1.69 bits per heavy atom. The van der Waals surface area contributed by atoms with Crippen molar-refractivity contribution in [2.75, 3.05) is 18.0 Å². The Balaban J connectivity index is 1.28. The fraction of sp³-hybridized carbons (Fsp3) is 0.133. The fourth-order valence-corrected chi connectivity index (χ4v) is 4.50. The molecule has 0 saturated carbocycles. The highest BCUT2D eigenvalue weighted by Crippen LogP contribution is 2.25. The summed E-state index contributed by atoms with van der Waals surface area (Å²) < 4.78 is 11.0. The van der Waals surface area contributed by atoms with Crippen LogP contribution in [0.5, 0.6) is 0 Å². The minimum Gasteiger partial charge on any atom is -0.422 e. The molecule has 4 heterocycles. The SMILES string of the molecule is CCN(CC)c1ccc2cc(-c3cnc(-c4cnc(-c5cc6ccccc6oc5=O)cn4)cn3)c(=O)oc2c1. The summed E-state index contributed by atoms with van der Waals surface area (Å²) in [6.07, 6.45) is 6.05. The summed E-state index contributed by atoms with van der Waals surface area (Å²) in [4.78, 5) is 45.1. The molecular weight excluding hydrogens is 494 g/mol. The lowest BCUT2D eigenvalue weighted by Crippen LogP contribution is -2.21. The second kappa shape index (κ2) is 9.94. The van der Waals surface area contributed by atoms with Gasteiger partial charge in [-0.25, -0.2) is 9.59 Å². The maximum absolute atomic E-state index is 12.8. The van der Waals surface area contributed by atoms with Crippen LogP contribution in [-0.2, 0) is 0 Å². The van der Waals surface area contributed by atoms with Crippen LogP contribution in [0, 0.1) is 0 Å². The van der Waals surface area contributed by atoms with E-state index in [4.69, 9.17) is 8.83 Å². The van der Waals surface area contributed by atoms with Crippen LogP contribution < -0.4 is 16.2 Å². The molecule has 6 aromatic rings. The zero-order valence-corrected chi connectivity index (χ0v) is 21.3. The van der Waals surface area contributed by atoms with E-state index >= 15 is 0 Å². The van der Waals surface area contributed by atoms with Gasteiger partial charge in [0.25, 0.3) is 0 Å². The van der Waals surface area contributed by atoms with E-state index < -0.39 is 11.3 Å². The molecule has 0 fully saturated rings. The summed E-state index contributed by atoms with van der Waals surface area (Å²) in [7, 11) is 0. The average molecular weight is 518 g/mol. The van der Waals surface area contributed by atoms with E-state index in [0.29, 0.717) is 45.1 Å². The predicted molar refractivity (Wildman–Crippen MR) is 150 cm³/mol. The molecule has 0 amide bonds. The zero-order valence-electron chi connectivity index (χ0n) is 21.3. The van der Waals surface area contributed by atoms with Gasteiger partial charge in [-0.1, -0.05) is 18.2 Å². The topological polar surface area (TPSA) is 115 Å². The quantitative estimate of drug-likeness (QED) is 0.270. The summed E-state index contributed by atoms with van der Waals surface area (Å²) in [5.74, 6) is 0. The third kappa shape index (κ3) is 4.54. The molecule has 0 bridgehead atoms. The summed E-state index contributed by atoms with van der Waals surface area (Å²) in [6, 6.07) is 16.6. The number of fused-ring (bicyclic) bond motifs is 2. The molecule has 39 heavy (non-hydrogen) atoms. The fourth-order valence-electron chi connectivity index (χ4n) is 4.50. The van der Waals surface area contributed by atoms with Gasteiger partial charge in [0, 0.05) is 35.6 Å². The van der Waals surface area contributed by atoms with Gasteiger partial charge in [0.2, 0.25) is 0 Å². The van der Waals surface area contributed by atoms with E-state index in [-0.39, 0.29) is 0 Å². The van der Waals surface area contributed by atoms with Gasteiger partial charge in [0.1, 0.15) is 22.6 Å². The monoisotopic (exact) mass is 517 g/mol. The number of anilines is 1. The second-order valence-corrected chi connectivity index (χ2v) is 8.90. The van der Waals surface area contributed by atoms with Crippen molar-refractivity contribution >= 4 is 27.6 Å². The maximum atomic E-state index is 12.8. The van der Waals surface area contributed by atoms with Gasteiger partial charge in [-0.2, -0.15) is 0 Å². The van der Waals surface area contributed by atoms with E-state index in [1.54, 1.807) is 24.3 Å². The third-order valence-electron chi connectivity index (χ3n) is 6.61. The molecule has 0 saturated heterocycles. The highest BCUT2D eigenvalue weighted by atomic mass is 16.4. The van der Waals surface area contributed by atoms with Crippen LogP contribution >= 0.6 is 0 Å². The molecule has 0 spiro atoms. The van der Waals surface area contributed by atoms with Crippen molar-refractivity contribution in [3.8, 4) is 33.9 Å². The molecular formula is C30H23N5O4. The van der Waals surface area contributed by atoms with Crippen LogP contribution in [0.25, 0.3) is 55.8 Å². The van der Waals surface area contributed by atoms with E-state index in [0.717, 1.165) is 29.5 Å². The lowest BCUT2D eigenvalue weighted by atomic mass is 10.1. The minimum atomic E-state index is -0.488. The standard InChI is InChI=1S/C30H23N5O4/c1-3-35(4-2)20-10-9-19-12-22(30(37)39-28(19)13-20)24-15-34-26(17-32-24)25-16-31-23(14-33-25)21-11-18-7-5-6-8-27(18)38-29(21)36/h5-17H,3-4H2,1-2H3. The third-order valence-corrected chi connectivity index (χ3v) is 6.61. The summed E-state index contributed by atoms with van der Waals surface area (Å²) in [5.41, 5.74) is 3.42. The molecule has 0 N–H and O–H groups in total.